The number of hydrogen-bond donors (Lipinski definition) is 0. The number of nitrogens with zero attached hydrogens (tertiary/aromatic N) is 1. The van der Waals surface area contributed by atoms with Crippen LogP contribution in [0.15, 0.2) is 57.7 Å². The predicted octanol–water partition coefficient (Wildman–Crippen LogP) is 4.26. The number of aromatic nitrogens is 1. The van der Waals surface area contributed by atoms with Crippen molar-refractivity contribution in [1.82, 2.24) is 4.98 Å². The molecule has 0 bridgehead atoms. The van der Waals surface area contributed by atoms with Gasteiger partial charge in [0.1, 0.15) is 5.52 Å². The standard InChI is InChI=1S/C13H8BrNO/c14-11-6-10(9-4-2-1-3-5-9)7-12-13(11)16-8-15-12/h1-8H. The first-order chi connectivity index (χ1) is 7.84. The number of halogens is 1. The van der Waals surface area contributed by atoms with Gasteiger partial charge in [-0.1, -0.05) is 30.3 Å². The molecule has 3 rings (SSSR count). The average Bonchev–Trinajstić information content (AvgIpc) is 2.79. The molecule has 3 aromatic rings. The fraction of sp³-hybridized carbons (Fsp3) is 0. The first-order valence-corrected chi connectivity index (χ1v) is 5.72. The highest BCUT2D eigenvalue weighted by molar-refractivity contribution is 9.10. The molecule has 78 valence electrons. The SMILES string of the molecule is Brc1cc(-c2ccccc2)cc2ncoc12. The molecule has 0 aliphatic carbocycles. The van der Waals surface area contributed by atoms with Gasteiger partial charge in [-0.3, -0.25) is 0 Å². The van der Waals surface area contributed by atoms with Crippen LogP contribution in [0.2, 0.25) is 0 Å². The summed E-state index contributed by atoms with van der Waals surface area (Å²) in [6.07, 6.45) is 1.46. The Balaban J connectivity index is 2.25. The third-order valence-electron chi connectivity index (χ3n) is 2.49. The normalized spacial score (nSPS) is 10.8. The van der Waals surface area contributed by atoms with Crippen molar-refractivity contribution in [3.05, 3.63) is 53.3 Å². The molecule has 2 nitrogen and oxygen atoms in total. The van der Waals surface area contributed by atoms with Crippen molar-refractivity contribution in [2.24, 2.45) is 0 Å². The van der Waals surface area contributed by atoms with Gasteiger partial charge in [0.15, 0.2) is 12.0 Å². The Morgan fingerprint density at radius 3 is 2.62 bits per heavy atom. The van der Waals surface area contributed by atoms with Crippen molar-refractivity contribution in [3.63, 3.8) is 0 Å². The first-order valence-electron chi connectivity index (χ1n) is 4.93. The molecule has 0 unspecified atom stereocenters. The highest BCUT2D eigenvalue weighted by atomic mass is 79.9. The van der Waals surface area contributed by atoms with Crippen molar-refractivity contribution in [2.75, 3.05) is 0 Å². The van der Waals surface area contributed by atoms with Crippen LogP contribution in [0, 0.1) is 0 Å². The molecule has 3 heteroatoms. The van der Waals surface area contributed by atoms with Gasteiger partial charge in [0.05, 0.1) is 4.47 Å². The second-order valence-electron chi connectivity index (χ2n) is 3.52. The maximum atomic E-state index is 5.28. The number of oxazole rings is 1. The van der Waals surface area contributed by atoms with Gasteiger partial charge in [0.2, 0.25) is 0 Å². The van der Waals surface area contributed by atoms with E-state index in [0.29, 0.717) is 0 Å². The Bertz CT molecular complexity index is 631. The lowest BCUT2D eigenvalue weighted by Gasteiger charge is -2.02. The van der Waals surface area contributed by atoms with E-state index in [9.17, 15) is 0 Å². The van der Waals surface area contributed by atoms with Crippen LogP contribution in [-0.2, 0) is 0 Å². The molecule has 1 heterocycles. The second kappa shape index (κ2) is 3.76. The summed E-state index contributed by atoms with van der Waals surface area (Å²) in [6, 6.07) is 14.3. The predicted molar refractivity (Wildman–Crippen MR) is 67.1 cm³/mol. The van der Waals surface area contributed by atoms with E-state index in [-0.39, 0.29) is 0 Å². The minimum Gasteiger partial charge on any atom is -0.442 e. The van der Waals surface area contributed by atoms with Crippen molar-refractivity contribution in [1.29, 1.82) is 0 Å². The molecule has 0 amide bonds. The number of rotatable bonds is 1. The van der Waals surface area contributed by atoms with E-state index in [1.807, 2.05) is 30.3 Å². The Labute approximate surface area is 101 Å². The average molecular weight is 274 g/mol. The van der Waals surface area contributed by atoms with Crippen LogP contribution >= 0.6 is 15.9 Å². The molecular formula is C13H8BrNO. The van der Waals surface area contributed by atoms with Crippen molar-refractivity contribution < 1.29 is 4.42 Å². The van der Waals surface area contributed by atoms with Crippen molar-refractivity contribution >= 4 is 27.0 Å². The largest absolute Gasteiger partial charge is 0.442 e. The van der Waals surface area contributed by atoms with Gasteiger partial charge in [-0.25, -0.2) is 4.98 Å². The van der Waals surface area contributed by atoms with Crippen LogP contribution in [0.1, 0.15) is 0 Å². The molecule has 0 saturated carbocycles. The lowest BCUT2D eigenvalue weighted by atomic mass is 10.1. The molecule has 1 aromatic heterocycles. The van der Waals surface area contributed by atoms with Gasteiger partial charge in [-0.2, -0.15) is 0 Å². The zero-order chi connectivity index (χ0) is 11.0. The van der Waals surface area contributed by atoms with Crippen LogP contribution in [0.5, 0.6) is 0 Å². The van der Waals surface area contributed by atoms with Gasteiger partial charge in [-0.05, 0) is 39.2 Å². The molecule has 0 aliphatic heterocycles. The quantitative estimate of drug-likeness (QED) is 0.662. The van der Waals surface area contributed by atoms with E-state index >= 15 is 0 Å². The van der Waals surface area contributed by atoms with Crippen LogP contribution in [0.25, 0.3) is 22.2 Å². The van der Waals surface area contributed by atoms with Crippen LogP contribution in [0.4, 0.5) is 0 Å². The molecule has 2 aromatic carbocycles. The third kappa shape index (κ3) is 1.53. The fourth-order valence-electron chi connectivity index (χ4n) is 1.72. The molecule has 16 heavy (non-hydrogen) atoms. The van der Waals surface area contributed by atoms with E-state index in [4.69, 9.17) is 4.42 Å². The maximum Gasteiger partial charge on any atom is 0.182 e. The summed E-state index contributed by atoms with van der Waals surface area (Å²) in [7, 11) is 0. The molecule has 0 saturated heterocycles. The third-order valence-corrected chi connectivity index (χ3v) is 3.08. The number of fused-ring (bicyclic) bond motifs is 1. The van der Waals surface area contributed by atoms with Crippen LogP contribution in [0.3, 0.4) is 0 Å². The number of hydrogen-bond acceptors (Lipinski definition) is 2. The van der Waals surface area contributed by atoms with Gasteiger partial charge < -0.3 is 4.42 Å². The van der Waals surface area contributed by atoms with Gasteiger partial charge in [-0.15, -0.1) is 0 Å². The highest BCUT2D eigenvalue weighted by Crippen LogP contribution is 2.30. The summed E-state index contributed by atoms with van der Waals surface area (Å²) in [4.78, 5) is 4.17. The molecule has 0 fully saturated rings. The fourth-order valence-corrected chi connectivity index (χ4v) is 2.27. The van der Waals surface area contributed by atoms with E-state index in [1.54, 1.807) is 0 Å². The number of benzene rings is 2. The Hall–Kier alpha value is -1.61. The lowest BCUT2D eigenvalue weighted by Crippen LogP contribution is -1.78. The Morgan fingerprint density at radius 1 is 1.00 bits per heavy atom. The molecular weight excluding hydrogens is 266 g/mol. The van der Waals surface area contributed by atoms with Crippen molar-refractivity contribution in [3.8, 4) is 11.1 Å². The van der Waals surface area contributed by atoms with Crippen molar-refractivity contribution in [2.45, 2.75) is 0 Å². The summed E-state index contributed by atoms with van der Waals surface area (Å²) >= 11 is 3.49. The molecule has 0 N–H and O–H groups in total. The minimum absolute atomic E-state index is 0.791. The summed E-state index contributed by atoms with van der Waals surface area (Å²) in [5.41, 5.74) is 3.97. The van der Waals surface area contributed by atoms with Gasteiger partial charge >= 0.3 is 0 Å². The van der Waals surface area contributed by atoms with E-state index in [2.05, 4.69) is 33.0 Å². The molecule has 0 spiro atoms. The van der Waals surface area contributed by atoms with Crippen LogP contribution < -0.4 is 0 Å². The minimum atomic E-state index is 0.791. The first kappa shape index (κ1) is 9.60. The second-order valence-corrected chi connectivity index (χ2v) is 4.38. The molecule has 0 aliphatic rings. The smallest absolute Gasteiger partial charge is 0.182 e. The summed E-state index contributed by atoms with van der Waals surface area (Å²) in [6.45, 7) is 0. The Kier molecular flexibility index (Phi) is 2.26. The van der Waals surface area contributed by atoms with Crippen LogP contribution in [-0.4, -0.2) is 4.98 Å². The zero-order valence-corrected chi connectivity index (χ0v) is 9.94. The monoisotopic (exact) mass is 273 g/mol. The van der Waals surface area contributed by atoms with E-state index < -0.39 is 0 Å². The van der Waals surface area contributed by atoms with Gasteiger partial charge in [0.25, 0.3) is 0 Å². The molecule has 0 atom stereocenters. The lowest BCUT2D eigenvalue weighted by molar-refractivity contribution is 0.600. The Morgan fingerprint density at radius 2 is 1.81 bits per heavy atom. The van der Waals surface area contributed by atoms with E-state index in [0.717, 1.165) is 21.1 Å². The molecule has 0 radical (unpaired) electrons. The topological polar surface area (TPSA) is 26.0 Å². The zero-order valence-electron chi connectivity index (χ0n) is 8.35. The van der Waals surface area contributed by atoms with E-state index in [1.165, 1.54) is 12.0 Å². The summed E-state index contributed by atoms with van der Waals surface area (Å²) in [5, 5.41) is 0. The maximum absolute atomic E-state index is 5.28. The highest BCUT2D eigenvalue weighted by Gasteiger charge is 2.06. The summed E-state index contributed by atoms with van der Waals surface area (Å²) < 4.78 is 6.21. The summed E-state index contributed by atoms with van der Waals surface area (Å²) in [5.74, 6) is 0. The van der Waals surface area contributed by atoms with Gasteiger partial charge in [0, 0.05) is 0 Å².